The molecule has 1 aromatic heterocycles. The number of pyridine rings is 1. The third kappa shape index (κ3) is 6.83. The van der Waals surface area contributed by atoms with Gasteiger partial charge in [0.15, 0.2) is 5.96 Å². The highest BCUT2D eigenvalue weighted by atomic mass is 35.5. The van der Waals surface area contributed by atoms with Gasteiger partial charge in [-0.2, -0.15) is 0 Å². The maximum Gasteiger partial charge on any atom is 0.224 e. The van der Waals surface area contributed by atoms with Gasteiger partial charge in [-0.15, -0.1) is 0 Å². The minimum absolute atomic E-state index is 0.212. The number of rotatable bonds is 7. The Morgan fingerprint density at radius 2 is 2.23 bits per heavy atom. The monoisotopic (exact) mass is 379 g/mol. The van der Waals surface area contributed by atoms with Gasteiger partial charge in [-0.1, -0.05) is 17.7 Å². The molecule has 6 nitrogen and oxygen atoms in total. The van der Waals surface area contributed by atoms with Gasteiger partial charge < -0.3 is 15.5 Å². The minimum Gasteiger partial charge on any atom is -0.357 e. The highest BCUT2D eigenvalue weighted by Crippen LogP contribution is 2.17. The zero-order valence-corrected chi connectivity index (χ0v) is 16.6. The summed E-state index contributed by atoms with van der Waals surface area (Å²) in [6.45, 7) is 7.08. The number of carbonyl (C=O) groups excluding carboxylic acids is 1. The number of carbonyl (C=O) groups is 1. The zero-order chi connectivity index (χ0) is 18.8. The molecule has 7 heteroatoms. The molecule has 1 amide bonds. The SMILES string of the molecule is CCNC(=NCCC(=O)N1CCCCC1C)NCCc1ccc(Cl)nc1. The van der Waals surface area contributed by atoms with Gasteiger partial charge in [0.25, 0.3) is 0 Å². The number of piperidine rings is 1. The molecule has 26 heavy (non-hydrogen) atoms. The van der Waals surface area contributed by atoms with E-state index in [2.05, 4.69) is 27.5 Å². The van der Waals surface area contributed by atoms with Crippen LogP contribution < -0.4 is 10.6 Å². The number of aromatic nitrogens is 1. The van der Waals surface area contributed by atoms with Crippen LogP contribution in [0.2, 0.25) is 5.15 Å². The van der Waals surface area contributed by atoms with Crippen molar-refractivity contribution in [1.29, 1.82) is 0 Å². The van der Waals surface area contributed by atoms with Crippen molar-refractivity contribution in [2.24, 2.45) is 4.99 Å². The Kier molecular flexibility index (Phi) is 8.68. The number of hydrogen-bond donors (Lipinski definition) is 2. The highest BCUT2D eigenvalue weighted by molar-refractivity contribution is 6.29. The van der Waals surface area contributed by atoms with Crippen molar-refractivity contribution in [3.8, 4) is 0 Å². The van der Waals surface area contributed by atoms with E-state index in [-0.39, 0.29) is 5.91 Å². The lowest BCUT2D eigenvalue weighted by molar-refractivity contribution is -0.134. The Balaban J connectivity index is 1.76. The molecule has 1 aliphatic heterocycles. The van der Waals surface area contributed by atoms with Crippen molar-refractivity contribution in [2.75, 3.05) is 26.2 Å². The van der Waals surface area contributed by atoms with Crippen molar-refractivity contribution in [2.45, 2.75) is 52.0 Å². The molecule has 1 aromatic rings. The van der Waals surface area contributed by atoms with Crippen LogP contribution in [0.3, 0.4) is 0 Å². The van der Waals surface area contributed by atoms with Gasteiger partial charge >= 0.3 is 0 Å². The fraction of sp³-hybridized carbons (Fsp3) is 0.632. The predicted molar refractivity (Wildman–Crippen MR) is 107 cm³/mol. The van der Waals surface area contributed by atoms with Crippen LogP contribution in [0.15, 0.2) is 23.3 Å². The molecule has 0 spiro atoms. The van der Waals surface area contributed by atoms with Crippen LogP contribution in [0.25, 0.3) is 0 Å². The number of halogens is 1. The number of aliphatic imine (C=N–C) groups is 1. The van der Waals surface area contributed by atoms with E-state index in [4.69, 9.17) is 11.6 Å². The van der Waals surface area contributed by atoms with Crippen molar-refractivity contribution in [3.63, 3.8) is 0 Å². The number of hydrogen-bond acceptors (Lipinski definition) is 3. The second-order valence-electron chi connectivity index (χ2n) is 6.61. The molecule has 2 N–H and O–H groups in total. The summed E-state index contributed by atoms with van der Waals surface area (Å²) in [5.74, 6) is 0.956. The summed E-state index contributed by atoms with van der Waals surface area (Å²) >= 11 is 5.80. The standard InChI is InChI=1S/C19H30ClN5O/c1-3-21-19(22-11-9-16-7-8-17(20)24-14-16)23-12-10-18(26)25-13-5-4-6-15(25)2/h7-8,14-15H,3-6,9-13H2,1-2H3,(H2,21,22,23). The van der Waals surface area contributed by atoms with Crippen LogP contribution in [0.5, 0.6) is 0 Å². The molecule has 1 saturated heterocycles. The molecule has 1 fully saturated rings. The third-order valence-corrected chi connectivity index (χ3v) is 4.78. The Labute approximate surface area is 161 Å². The van der Waals surface area contributed by atoms with Gasteiger partial charge in [0.05, 0.1) is 6.54 Å². The maximum absolute atomic E-state index is 12.4. The molecule has 0 radical (unpaired) electrons. The fourth-order valence-electron chi connectivity index (χ4n) is 3.10. The molecule has 0 bridgehead atoms. The average molecular weight is 380 g/mol. The van der Waals surface area contributed by atoms with E-state index in [1.807, 2.05) is 17.9 Å². The first kappa shape index (κ1) is 20.5. The van der Waals surface area contributed by atoms with Gasteiger partial charge in [0, 0.05) is 38.3 Å². The van der Waals surface area contributed by atoms with Gasteiger partial charge in [0.1, 0.15) is 5.15 Å². The van der Waals surface area contributed by atoms with Crippen molar-refractivity contribution in [3.05, 3.63) is 29.0 Å². The summed E-state index contributed by atoms with van der Waals surface area (Å²) in [6, 6.07) is 4.13. The first-order chi connectivity index (χ1) is 12.6. The van der Waals surface area contributed by atoms with Crippen LogP contribution in [-0.4, -0.2) is 54.0 Å². The highest BCUT2D eigenvalue weighted by Gasteiger charge is 2.22. The summed E-state index contributed by atoms with van der Waals surface area (Å²) in [4.78, 5) is 23.0. The van der Waals surface area contributed by atoms with Crippen molar-refractivity contribution < 1.29 is 4.79 Å². The molecule has 1 atom stereocenters. The van der Waals surface area contributed by atoms with Crippen LogP contribution in [-0.2, 0) is 11.2 Å². The Morgan fingerprint density at radius 1 is 1.38 bits per heavy atom. The Hall–Kier alpha value is -1.82. The third-order valence-electron chi connectivity index (χ3n) is 4.56. The summed E-state index contributed by atoms with van der Waals surface area (Å²) < 4.78 is 0. The first-order valence-electron chi connectivity index (χ1n) is 9.52. The molecule has 0 aromatic carbocycles. The van der Waals surface area contributed by atoms with E-state index >= 15 is 0 Å². The number of nitrogens with one attached hydrogen (secondary N) is 2. The van der Waals surface area contributed by atoms with Gasteiger partial charge in [-0.25, -0.2) is 4.98 Å². The number of likely N-dealkylation sites (tertiary alicyclic amines) is 1. The van der Waals surface area contributed by atoms with E-state index in [0.29, 0.717) is 24.2 Å². The number of nitrogens with zero attached hydrogens (tertiary/aromatic N) is 3. The first-order valence-corrected chi connectivity index (χ1v) is 9.90. The second-order valence-corrected chi connectivity index (χ2v) is 7.00. The molecule has 1 unspecified atom stereocenters. The van der Waals surface area contributed by atoms with Gasteiger partial charge in [0.2, 0.25) is 5.91 Å². The molecule has 0 saturated carbocycles. The minimum atomic E-state index is 0.212. The molecule has 2 rings (SSSR count). The summed E-state index contributed by atoms with van der Waals surface area (Å²) in [6.07, 6.45) is 6.52. The molecule has 2 heterocycles. The van der Waals surface area contributed by atoms with Crippen molar-refractivity contribution >= 4 is 23.5 Å². The lowest BCUT2D eigenvalue weighted by atomic mass is 10.0. The zero-order valence-electron chi connectivity index (χ0n) is 15.8. The van der Waals surface area contributed by atoms with E-state index in [0.717, 1.165) is 50.4 Å². The fourth-order valence-corrected chi connectivity index (χ4v) is 3.21. The molecule has 144 valence electrons. The van der Waals surface area contributed by atoms with Gasteiger partial charge in [-0.05, 0) is 51.2 Å². The van der Waals surface area contributed by atoms with E-state index in [1.54, 1.807) is 12.3 Å². The van der Waals surface area contributed by atoms with Crippen LogP contribution in [0.4, 0.5) is 0 Å². The quantitative estimate of drug-likeness (QED) is 0.434. The van der Waals surface area contributed by atoms with E-state index in [1.165, 1.54) is 6.42 Å². The topological polar surface area (TPSA) is 69.6 Å². The largest absolute Gasteiger partial charge is 0.357 e. The smallest absolute Gasteiger partial charge is 0.224 e. The number of amides is 1. The van der Waals surface area contributed by atoms with Gasteiger partial charge in [-0.3, -0.25) is 9.79 Å². The molecular weight excluding hydrogens is 350 g/mol. The molecule has 1 aliphatic rings. The van der Waals surface area contributed by atoms with Crippen LogP contribution in [0, 0.1) is 0 Å². The summed E-state index contributed by atoms with van der Waals surface area (Å²) in [7, 11) is 0. The van der Waals surface area contributed by atoms with Crippen LogP contribution in [0.1, 0.15) is 45.1 Å². The van der Waals surface area contributed by atoms with Crippen LogP contribution >= 0.6 is 11.6 Å². The van der Waals surface area contributed by atoms with Crippen molar-refractivity contribution in [1.82, 2.24) is 20.5 Å². The average Bonchev–Trinajstić information content (AvgIpc) is 2.63. The second kappa shape index (κ2) is 11.0. The summed E-state index contributed by atoms with van der Waals surface area (Å²) in [5.41, 5.74) is 1.12. The summed E-state index contributed by atoms with van der Waals surface area (Å²) in [5, 5.41) is 7.02. The molecular formula is C19H30ClN5O. The lowest BCUT2D eigenvalue weighted by Crippen LogP contribution is -2.42. The predicted octanol–water partition coefficient (Wildman–Crippen LogP) is 2.62. The maximum atomic E-state index is 12.4. The normalized spacial score (nSPS) is 17.9. The van der Waals surface area contributed by atoms with E-state index < -0.39 is 0 Å². The number of guanidine groups is 1. The van der Waals surface area contributed by atoms with E-state index in [9.17, 15) is 4.79 Å². The Morgan fingerprint density at radius 3 is 2.92 bits per heavy atom. The Bertz CT molecular complexity index is 590. The molecule has 0 aliphatic carbocycles. The lowest BCUT2D eigenvalue weighted by Gasteiger charge is -2.33.